The lowest BCUT2D eigenvalue weighted by Crippen LogP contribution is -2.23. The molecule has 5 rings (SSSR count). The van der Waals surface area contributed by atoms with E-state index in [1.807, 2.05) is 52.1 Å². The van der Waals surface area contributed by atoms with Crippen LogP contribution in [0.2, 0.25) is 0 Å². The number of pyridine rings is 1. The zero-order valence-electron chi connectivity index (χ0n) is 19.1. The van der Waals surface area contributed by atoms with Crippen LogP contribution in [0, 0.1) is 17.2 Å². The highest BCUT2D eigenvalue weighted by Gasteiger charge is 2.29. The van der Waals surface area contributed by atoms with Crippen molar-refractivity contribution in [3.63, 3.8) is 0 Å². The Morgan fingerprint density at radius 2 is 2.03 bits per heavy atom. The smallest absolute Gasteiger partial charge is 0.261 e. The van der Waals surface area contributed by atoms with Crippen molar-refractivity contribution in [2.24, 2.45) is 5.92 Å². The van der Waals surface area contributed by atoms with Gasteiger partial charge < -0.3 is 15.0 Å². The number of nitriles is 1. The number of aromatic amines is 1. The van der Waals surface area contributed by atoms with Gasteiger partial charge in [0.15, 0.2) is 5.82 Å². The SMILES string of the molecule is COCCn1cc(-c2ccc(Nc3nn(C4CCCCC4C#N)c4cc[nH]c(=O)c34)cc2)cn1. The molecule has 9 heteroatoms. The van der Waals surface area contributed by atoms with Gasteiger partial charge in [0.1, 0.15) is 5.39 Å². The highest BCUT2D eigenvalue weighted by molar-refractivity contribution is 5.91. The van der Waals surface area contributed by atoms with E-state index in [9.17, 15) is 10.1 Å². The lowest BCUT2D eigenvalue weighted by Gasteiger charge is -2.27. The normalized spacial score (nSPS) is 18.1. The average molecular weight is 458 g/mol. The number of H-pyrrole nitrogens is 1. The number of nitrogens with zero attached hydrogens (tertiary/aromatic N) is 5. The van der Waals surface area contributed by atoms with E-state index in [0.29, 0.717) is 24.4 Å². The van der Waals surface area contributed by atoms with Gasteiger partial charge in [-0.15, -0.1) is 0 Å². The fourth-order valence-corrected chi connectivity index (χ4v) is 4.70. The summed E-state index contributed by atoms with van der Waals surface area (Å²) in [4.78, 5) is 15.5. The number of methoxy groups -OCH3 is 1. The number of aromatic nitrogens is 5. The molecule has 0 radical (unpaired) electrons. The van der Waals surface area contributed by atoms with Crippen molar-refractivity contribution >= 4 is 22.4 Å². The van der Waals surface area contributed by atoms with Crippen molar-refractivity contribution in [3.05, 3.63) is 59.3 Å². The van der Waals surface area contributed by atoms with E-state index in [1.54, 1.807) is 13.3 Å². The van der Waals surface area contributed by atoms with Crippen molar-refractivity contribution < 1.29 is 4.74 Å². The van der Waals surface area contributed by atoms with Crippen molar-refractivity contribution in [1.82, 2.24) is 24.5 Å². The summed E-state index contributed by atoms with van der Waals surface area (Å²) < 4.78 is 8.84. The summed E-state index contributed by atoms with van der Waals surface area (Å²) in [5.41, 5.74) is 3.44. The second-order valence-corrected chi connectivity index (χ2v) is 8.63. The Labute approximate surface area is 197 Å². The molecule has 3 heterocycles. The molecule has 174 valence electrons. The number of hydrogen-bond acceptors (Lipinski definition) is 6. The second-order valence-electron chi connectivity index (χ2n) is 8.63. The van der Waals surface area contributed by atoms with Gasteiger partial charge in [-0.2, -0.15) is 15.5 Å². The lowest BCUT2D eigenvalue weighted by molar-refractivity contribution is 0.183. The number of benzene rings is 1. The molecule has 0 aliphatic heterocycles. The van der Waals surface area contributed by atoms with E-state index in [-0.39, 0.29) is 17.5 Å². The Morgan fingerprint density at radius 3 is 2.82 bits per heavy atom. The molecule has 3 aromatic heterocycles. The van der Waals surface area contributed by atoms with Crippen LogP contribution in [-0.4, -0.2) is 38.3 Å². The monoisotopic (exact) mass is 457 g/mol. The van der Waals surface area contributed by atoms with Crippen LogP contribution >= 0.6 is 0 Å². The Hall–Kier alpha value is -3.90. The first-order valence-corrected chi connectivity index (χ1v) is 11.6. The molecular weight excluding hydrogens is 430 g/mol. The van der Waals surface area contributed by atoms with Crippen molar-refractivity contribution in [1.29, 1.82) is 5.26 Å². The topological polar surface area (TPSA) is 114 Å². The van der Waals surface area contributed by atoms with Crippen LogP contribution in [0.3, 0.4) is 0 Å². The number of rotatable bonds is 7. The summed E-state index contributed by atoms with van der Waals surface area (Å²) >= 11 is 0. The van der Waals surface area contributed by atoms with Crippen molar-refractivity contribution in [2.45, 2.75) is 38.3 Å². The molecule has 9 nitrogen and oxygen atoms in total. The quantitative estimate of drug-likeness (QED) is 0.429. The van der Waals surface area contributed by atoms with E-state index < -0.39 is 0 Å². The van der Waals surface area contributed by atoms with Gasteiger partial charge >= 0.3 is 0 Å². The standard InChI is InChI=1S/C25H27N7O2/c1-34-13-12-31-16-19(15-28-31)17-6-8-20(9-7-17)29-24-23-22(10-11-27-25(23)33)32(30-24)21-5-3-2-4-18(21)14-26/h6-11,15-16,18,21H,2-5,12-13H2,1H3,(H,27,33)(H,29,30). The van der Waals surface area contributed by atoms with Crippen LogP contribution < -0.4 is 10.9 Å². The van der Waals surface area contributed by atoms with Gasteiger partial charge in [0.2, 0.25) is 0 Å². The number of hydrogen-bond donors (Lipinski definition) is 2. The molecule has 1 aromatic carbocycles. The summed E-state index contributed by atoms with van der Waals surface area (Å²) in [5, 5.41) is 22.7. The van der Waals surface area contributed by atoms with Gasteiger partial charge in [0.25, 0.3) is 5.56 Å². The van der Waals surface area contributed by atoms with Crippen LogP contribution in [0.5, 0.6) is 0 Å². The molecular formula is C25H27N7O2. The van der Waals surface area contributed by atoms with Crippen LogP contribution in [0.1, 0.15) is 31.7 Å². The van der Waals surface area contributed by atoms with Gasteiger partial charge in [-0.3, -0.25) is 14.2 Å². The Bertz CT molecular complexity index is 1380. The summed E-state index contributed by atoms with van der Waals surface area (Å²) in [6.45, 7) is 1.31. The summed E-state index contributed by atoms with van der Waals surface area (Å²) in [5.74, 6) is 0.396. The van der Waals surface area contributed by atoms with Gasteiger partial charge in [-0.05, 0) is 36.6 Å². The third-order valence-corrected chi connectivity index (χ3v) is 6.48. The molecule has 4 aromatic rings. The zero-order chi connectivity index (χ0) is 23.5. The van der Waals surface area contributed by atoms with E-state index in [2.05, 4.69) is 21.5 Å². The predicted molar refractivity (Wildman–Crippen MR) is 130 cm³/mol. The molecule has 1 fully saturated rings. The van der Waals surface area contributed by atoms with Gasteiger partial charge in [0, 0.05) is 30.8 Å². The maximum Gasteiger partial charge on any atom is 0.261 e. The van der Waals surface area contributed by atoms with E-state index in [4.69, 9.17) is 9.84 Å². The number of ether oxygens (including phenoxy) is 1. The fourth-order valence-electron chi connectivity index (χ4n) is 4.70. The Kier molecular flexibility index (Phi) is 6.14. The van der Waals surface area contributed by atoms with Crippen molar-refractivity contribution in [3.8, 4) is 17.2 Å². The van der Waals surface area contributed by atoms with Crippen LogP contribution in [0.25, 0.3) is 22.0 Å². The minimum absolute atomic E-state index is 0.0318. The van der Waals surface area contributed by atoms with E-state index in [1.165, 1.54) is 0 Å². The minimum atomic E-state index is -0.198. The zero-order valence-corrected chi connectivity index (χ0v) is 19.1. The molecule has 34 heavy (non-hydrogen) atoms. The summed E-state index contributed by atoms with van der Waals surface area (Å²) in [7, 11) is 1.67. The molecule has 1 aliphatic carbocycles. The predicted octanol–water partition coefficient (Wildman–Crippen LogP) is 4.23. The maximum absolute atomic E-state index is 12.7. The van der Waals surface area contributed by atoms with Crippen LogP contribution in [-0.2, 0) is 11.3 Å². The molecule has 0 spiro atoms. The number of nitrogens with one attached hydrogen (secondary N) is 2. The van der Waals surface area contributed by atoms with Crippen LogP contribution in [0.4, 0.5) is 11.5 Å². The third kappa shape index (κ3) is 4.20. The highest BCUT2D eigenvalue weighted by atomic mass is 16.5. The molecule has 0 saturated heterocycles. The van der Waals surface area contributed by atoms with Gasteiger partial charge in [0.05, 0.1) is 42.9 Å². The fraction of sp³-hybridized carbons (Fsp3) is 0.360. The number of fused-ring (bicyclic) bond motifs is 1. The Balaban J connectivity index is 1.43. The average Bonchev–Trinajstić information content (AvgIpc) is 3.49. The highest BCUT2D eigenvalue weighted by Crippen LogP contribution is 2.36. The minimum Gasteiger partial charge on any atom is -0.383 e. The largest absolute Gasteiger partial charge is 0.383 e. The first kappa shape index (κ1) is 21.9. The summed E-state index contributed by atoms with van der Waals surface area (Å²) in [6, 6.07) is 12.2. The molecule has 2 N–H and O–H groups in total. The molecule has 0 amide bonds. The van der Waals surface area contributed by atoms with Gasteiger partial charge in [-0.25, -0.2) is 0 Å². The first-order chi connectivity index (χ1) is 16.7. The maximum atomic E-state index is 12.7. The molecule has 1 aliphatic rings. The van der Waals surface area contributed by atoms with Gasteiger partial charge in [-0.1, -0.05) is 25.0 Å². The van der Waals surface area contributed by atoms with E-state index in [0.717, 1.165) is 48.0 Å². The first-order valence-electron chi connectivity index (χ1n) is 11.6. The molecule has 0 bridgehead atoms. The molecule has 2 atom stereocenters. The second kappa shape index (κ2) is 9.53. The molecule has 2 unspecified atom stereocenters. The van der Waals surface area contributed by atoms with Crippen LogP contribution in [0.15, 0.2) is 53.7 Å². The molecule has 1 saturated carbocycles. The third-order valence-electron chi connectivity index (χ3n) is 6.48. The lowest BCUT2D eigenvalue weighted by atomic mass is 9.85. The van der Waals surface area contributed by atoms with Crippen molar-refractivity contribution in [2.75, 3.05) is 19.0 Å². The van der Waals surface area contributed by atoms with E-state index >= 15 is 0 Å². The Morgan fingerprint density at radius 1 is 1.21 bits per heavy atom. The summed E-state index contributed by atoms with van der Waals surface area (Å²) in [6.07, 6.45) is 9.32. The number of anilines is 2.